The van der Waals surface area contributed by atoms with Crippen molar-refractivity contribution in [1.82, 2.24) is 9.21 Å². The molecular weight excluding hydrogens is 428 g/mol. The van der Waals surface area contributed by atoms with Crippen LogP contribution in [0.1, 0.15) is 18.4 Å². The van der Waals surface area contributed by atoms with E-state index in [1.54, 1.807) is 24.1 Å². The number of hydrogen-bond acceptors (Lipinski definition) is 4. The number of sulfonamides is 1. The lowest BCUT2D eigenvalue weighted by Gasteiger charge is -2.26. The van der Waals surface area contributed by atoms with Crippen molar-refractivity contribution < 1.29 is 13.2 Å². The van der Waals surface area contributed by atoms with Gasteiger partial charge in [-0.1, -0.05) is 60.7 Å². The second kappa shape index (κ2) is 9.02. The van der Waals surface area contributed by atoms with Crippen molar-refractivity contribution in [2.75, 3.05) is 13.6 Å². The molecule has 7 heteroatoms. The van der Waals surface area contributed by atoms with Crippen molar-refractivity contribution in [2.24, 2.45) is 0 Å². The fourth-order valence-corrected chi connectivity index (χ4v) is 6.35. The summed E-state index contributed by atoms with van der Waals surface area (Å²) in [5, 5.41) is 1.78. The summed E-state index contributed by atoms with van der Waals surface area (Å²) in [6.07, 6.45) is 0.702. The molecule has 3 aromatic rings. The van der Waals surface area contributed by atoms with Crippen LogP contribution in [0.3, 0.4) is 0 Å². The molecule has 162 valence electrons. The highest BCUT2D eigenvalue weighted by atomic mass is 32.2. The van der Waals surface area contributed by atoms with E-state index in [-0.39, 0.29) is 22.5 Å². The predicted octanol–water partition coefficient (Wildman–Crippen LogP) is 3.95. The number of thiol groups is 1. The van der Waals surface area contributed by atoms with Gasteiger partial charge in [-0.3, -0.25) is 4.79 Å². The first-order valence-electron chi connectivity index (χ1n) is 10.3. The first kappa shape index (κ1) is 21.9. The Balaban J connectivity index is 1.53. The lowest BCUT2D eigenvalue weighted by Crippen LogP contribution is -2.39. The number of nitrogens with zero attached hydrogens (tertiary/aromatic N) is 2. The Morgan fingerprint density at radius 1 is 1.03 bits per heavy atom. The van der Waals surface area contributed by atoms with E-state index in [0.717, 1.165) is 16.3 Å². The Labute approximate surface area is 189 Å². The standard InChI is InChI=1S/C24H26N2O3S2/c1-25(16-18-7-3-2-4-8-18)24(27)15-21-14-22(30)17-26(21)31(28,29)23-12-11-19-9-5-6-10-20(19)13-23/h2-13,21-22,30H,14-17H2,1H3. The fourth-order valence-electron chi connectivity index (χ4n) is 4.11. The van der Waals surface area contributed by atoms with E-state index in [1.807, 2.05) is 60.7 Å². The molecule has 2 unspecified atom stereocenters. The maximum absolute atomic E-state index is 13.4. The SMILES string of the molecule is CN(Cc1ccccc1)C(=O)CC1CC(S)CN1S(=O)(=O)c1ccc2ccccc2c1. The van der Waals surface area contributed by atoms with Gasteiger partial charge in [0.05, 0.1) is 4.90 Å². The highest BCUT2D eigenvalue weighted by Gasteiger charge is 2.40. The Hall–Kier alpha value is -2.35. The van der Waals surface area contributed by atoms with Gasteiger partial charge in [-0.2, -0.15) is 16.9 Å². The summed E-state index contributed by atoms with van der Waals surface area (Å²) >= 11 is 4.54. The summed E-state index contributed by atoms with van der Waals surface area (Å²) in [4.78, 5) is 14.8. The van der Waals surface area contributed by atoms with Crippen LogP contribution in [0.15, 0.2) is 77.7 Å². The van der Waals surface area contributed by atoms with Crippen LogP contribution < -0.4 is 0 Å². The monoisotopic (exact) mass is 454 g/mol. The molecule has 1 amide bonds. The normalized spacial score (nSPS) is 19.5. The van der Waals surface area contributed by atoms with Gasteiger partial charge in [0.15, 0.2) is 0 Å². The number of hydrogen-bond donors (Lipinski definition) is 1. The smallest absolute Gasteiger partial charge is 0.243 e. The number of carbonyl (C=O) groups is 1. The van der Waals surface area contributed by atoms with Crippen LogP contribution in [-0.2, 0) is 21.4 Å². The quantitative estimate of drug-likeness (QED) is 0.574. The molecule has 0 spiro atoms. The minimum Gasteiger partial charge on any atom is -0.341 e. The zero-order valence-corrected chi connectivity index (χ0v) is 19.1. The van der Waals surface area contributed by atoms with Gasteiger partial charge in [0, 0.05) is 37.8 Å². The van der Waals surface area contributed by atoms with E-state index in [0.29, 0.717) is 19.5 Å². The number of rotatable bonds is 6. The average molecular weight is 455 g/mol. The molecule has 5 nitrogen and oxygen atoms in total. The van der Waals surface area contributed by atoms with Gasteiger partial charge in [0.1, 0.15) is 0 Å². The maximum Gasteiger partial charge on any atom is 0.243 e. The van der Waals surface area contributed by atoms with Crippen molar-refractivity contribution in [3.63, 3.8) is 0 Å². The molecule has 3 aromatic carbocycles. The molecule has 0 saturated carbocycles. The van der Waals surface area contributed by atoms with E-state index in [1.165, 1.54) is 4.31 Å². The van der Waals surface area contributed by atoms with Crippen molar-refractivity contribution >= 4 is 39.3 Å². The molecule has 31 heavy (non-hydrogen) atoms. The summed E-state index contributed by atoms with van der Waals surface area (Å²) in [5.74, 6) is -0.0741. The number of benzene rings is 3. The highest BCUT2D eigenvalue weighted by molar-refractivity contribution is 7.89. The molecule has 2 atom stereocenters. The molecule has 1 heterocycles. The molecule has 4 rings (SSSR count). The lowest BCUT2D eigenvalue weighted by molar-refractivity contribution is -0.131. The first-order chi connectivity index (χ1) is 14.8. The van der Waals surface area contributed by atoms with Gasteiger partial charge in [0.25, 0.3) is 0 Å². The topological polar surface area (TPSA) is 57.7 Å². The predicted molar refractivity (Wildman–Crippen MR) is 127 cm³/mol. The van der Waals surface area contributed by atoms with Crippen LogP contribution in [0.4, 0.5) is 0 Å². The van der Waals surface area contributed by atoms with E-state index < -0.39 is 16.1 Å². The highest BCUT2D eigenvalue weighted by Crippen LogP contribution is 2.32. The minimum atomic E-state index is -3.73. The first-order valence-corrected chi connectivity index (χ1v) is 12.3. The van der Waals surface area contributed by atoms with Crippen molar-refractivity contribution in [2.45, 2.75) is 35.6 Å². The molecule has 0 aromatic heterocycles. The van der Waals surface area contributed by atoms with Gasteiger partial charge in [-0.25, -0.2) is 8.42 Å². The van der Waals surface area contributed by atoms with Crippen LogP contribution in [0.2, 0.25) is 0 Å². The van der Waals surface area contributed by atoms with Gasteiger partial charge >= 0.3 is 0 Å². The molecule has 0 N–H and O–H groups in total. The van der Waals surface area contributed by atoms with E-state index in [9.17, 15) is 13.2 Å². The van der Waals surface area contributed by atoms with Gasteiger partial charge < -0.3 is 4.90 Å². The van der Waals surface area contributed by atoms with Crippen molar-refractivity contribution in [1.29, 1.82) is 0 Å². The number of amides is 1. The van der Waals surface area contributed by atoms with Crippen LogP contribution >= 0.6 is 12.6 Å². The Bertz CT molecular complexity index is 1180. The summed E-state index contributed by atoms with van der Waals surface area (Å²) in [7, 11) is -1.97. The summed E-state index contributed by atoms with van der Waals surface area (Å²) < 4.78 is 28.3. The van der Waals surface area contributed by atoms with Crippen molar-refractivity contribution in [3.8, 4) is 0 Å². The van der Waals surface area contributed by atoms with Crippen LogP contribution in [0.25, 0.3) is 10.8 Å². The minimum absolute atomic E-state index is 0.0741. The third-order valence-electron chi connectivity index (χ3n) is 5.77. The second-order valence-electron chi connectivity index (χ2n) is 8.07. The Morgan fingerprint density at radius 2 is 1.71 bits per heavy atom. The summed E-state index contributed by atoms with van der Waals surface area (Å²) in [6.45, 7) is 0.798. The zero-order valence-electron chi connectivity index (χ0n) is 17.4. The molecule has 1 saturated heterocycles. The van der Waals surface area contributed by atoms with Crippen LogP contribution in [0.5, 0.6) is 0 Å². The Morgan fingerprint density at radius 3 is 2.45 bits per heavy atom. The zero-order chi connectivity index (χ0) is 22.0. The fraction of sp³-hybridized carbons (Fsp3) is 0.292. The second-order valence-corrected chi connectivity index (χ2v) is 10.7. The average Bonchev–Trinajstić information content (AvgIpc) is 3.14. The van der Waals surface area contributed by atoms with E-state index >= 15 is 0 Å². The van der Waals surface area contributed by atoms with Crippen LogP contribution in [-0.4, -0.2) is 48.4 Å². The van der Waals surface area contributed by atoms with E-state index in [4.69, 9.17) is 0 Å². The van der Waals surface area contributed by atoms with Gasteiger partial charge in [0.2, 0.25) is 15.9 Å². The Kier molecular flexibility index (Phi) is 6.36. The third kappa shape index (κ3) is 4.79. The molecule has 0 aliphatic carbocycles. The summed E-state index contributed by atoms with van der Waals surface area (Å²) in [6, 6.07) is 22.2. The molecule has 1 fully saturated rings. The molecule has 1 aliphatic heterocycles. The molecule has 0 bridgehead atoms. The van der Waals surface area contributed by atoms with Crippen molar-refractivity contribution in [3.05, 3.63) is 78.4 Å². The van der Waals surface area contributed by atoms with E-state index in [2.05, 4.69) is 12.6 Å². The molecular formula is C24H26N2O3S2. The molecule has 0 radical (unpaired) electrons. The largest absolute Gasteiger partial charge is 0.341 e. The van der Waals surface area contributed by atoms with Gasteiger partial charge in [-0.05, 0) is 34.9 Å². The molecule has 1 aliphatic rings. The van der Waals surface area contributed by atoms with Gasteiger partial charge in [-0.15, -0.1) is 0 Å². The number of carbonyl (C=O) groups excluding carboxylic acids is 1. The maximum atomic E-state index is 13.4. The van der Waals surface area contributed by atoms with Crippen LogP contribution in [0, 0.1) is 0 Å². The summed E-state index contributed by atoms with van der Waals surface area (Å²) in [5.41, 5.74) is 1.04. The lowest BCUT2D eigenvalue weighted by atomic mass is 10.1. The number of fused-ring (bicyclic) bond motifs is 1. The third-order valence-corrected chi connectivity index (χ3v) is 8.06.